The summed E-state index contributed by atoms with van der Waals surface area (Å²) in [5, 5.41) is 7.05. The number of anilines is 4. The van der Waals surface area contributed by atoms with Gasteiger partial charge in [0.2, 0.25) is 0 Å². The van der Waals surface area contributed by atoms with Crippen LogP contribution in [0.1, 0.15) is 52.2 Å². The molecule has 2 amide bonds. The summed E-state index contributed by atoms with van der Waals surface area (Å²) in [6.07, 6.45) is 5.78. The van der Waals surface area contributed by atoms with Crippen molar-refractivity contribution < 1.29 is 9.59 Å². The van der Waals surface area contributed by atoms with Crippen LogP contribution in [0.3, 0.4) is 0 Å². The zero-order chi connectivity index (χ0) is 25.1. The van der Waals surface area contributed by atoms with E-state index in [-0.39, 0.29) is 17.6 Å². The molecule has 0 bridgehead atoms. The van der Waals surface area contributed by atoms with E-state index in [1.165, 1.54) is 30.1 Å². The summed E-state index contributed by atoms with van der Waals surface area (Å²) >= 11 is 1.27. The minimum atomic E-state index is -0.655. The predicted molar refractivity (Wildman–Crippen MR) is 141 cm³/mol. The molecular weight excluding hydrogens is 476 g/mol. The van der Waals surface area contributed by atoms with Crippen molar-refractivity contribution in [1.29, 1.82) is 0 Å². The number of hydrogen-bond donors (Lipinski definition) is 3. The third-order valence-electron chi connectivity index (χ3n) is 6.54. The summed E-state index contributed by atoms with van der Waals surface area (Å²) in [6.45, 7) is 5.42. The van der Waals surface area contributed by atoms with Gasteiger partial charge in [-0.25, -0.2) is 9.97 Å². The largest absolute Gasteiger partial charge is 0.372 e. The Balaban J connectivity index is 1.26. The van der Waals surface area contributed by atoms with E-state index in [4.69, 9.17) is 5.73 Å². The summed E-state index contributed by atoms with van der Waals surface area (Å²) in [4.78, 5) is 38.2. The Morgan fingerprint density at radius 2 is 1.83 bits per heavy atom. The average molecular weight is 507 g/mol. The Kier molecular flexibility index (Phi) is 6.99. The number of primary amides is 1. The number of carbonyl (C=O) groups excluding carboxylic acids is 2. The quantitative estimate of drug-likeness (QED) is 0.446. The van der Waals surface area contributed by atoms with Crippen molar-refractivity contribution in [3.05, 3.63) is 53.5 Å². The third kappa shape index (κ3) is 5.40. The predicted octanol–water partition coefficient (Wildman–Crippen LogP) is 3.08. The van der Waals surface area contributed by atoms with Crippen LogP contribution < -0.4 is 26.2 Å². The van der Waals surface area contributed by atoms with Gasteiger partial charge in [-0.05, 0) is 74.5 Å². The molecule has 2 saturated heterocycles. The number of nitrogens with zero attached hydrogens (tertiary/aromatic N) is 5. The van der Waals surface area contributed by atoms with Gasteiger partial charge >= 0.3 is 0 Å². The second kappa shape index (κ2) is 10.5. The van der Waals surface area contributed by atoms with Gasteiger partial charge < -0.3 is 26.2 Å². The number of nitrogens with two attached hydrogens (primary N) is 1. The second-order valence-corrected chi connectivity index (χ2v) is 10.1. The van der Waals surface area contributed by atoms with E-state index in [1.54, 1.807) is 6.20 Å². The van der Waals surface area contributed by atoms with Crippen LogP contribution in [-0.2, 0) is 0 Å². The Bertz CT molecular complexity index is 1240. The summed E-state index contributed by atoms with van der Waals surface area (Å²) in [7, 11) is 0. The third-order valence-corrected chi connectivity index (χ3v) is 7.34. The van der Waals surface area contributed by atoms with Crippen molar-refractivity contribution in [1.82, 2.24) is 19.7 Å². The number of benzene rings is 1. The number of rotatable bonds is 7. The van der Waals surface area contributed by atoms with Gasteiger partial charge in [0.1, 0.15) is 10.8 Å². The molecule has 10 nitrogen and oxygen atoms in total. The Labute approximate surface area is 214 Å². The number of piperidine rings is 1. The second-order valence-electron chi connectivity index (χ2n) is 9.25. The zero-order valence-corrected chi connectivity index (χ0v) is 21.1. The molecule has 188 valence electrons. The molecule has 4 N–H and O–H groups in total. The molecular formula is C25H30N8O2S. The maximum absolute atomic E-state index is 12.9. The Morgan fingerprint density at radius 1 is 1.08 bits per heavy atom. The number of aromatic nitrogens is 3. The van der Waals surface area contributed by atoms with Gasteiger partial charge in [0, 0.05) is 43.5 Å². The van der Waals surface area contributed by atoms with Gasteiger partial charge in [-0.2, -0.15) is 4.37 Å². The molecule has 1 atom stereocenters. The zero-order valence-electron chi connectivity index (χ0n) is 20.2. The minimum Gasteiger partial charge on any atom is -0.372 e. The van der Waals surface area contributed by atoms with Gasteiger partial charge in [0.15, 0.2) is 11.5 Å². The number of aryl methyl sites for hydroxylation is 1. The molecule has 0 radical (unpaired) electrons. The summed E-state index contributed by atoms with van der Waals surface area (Å²) in [5.41, 5.74) is 8.29. The highest BCUT2D eigenvalue weighted by Gasteiger charge is 2.25. The van der Waals surface area contributed by atoms with Crippen molar-refractivity contribution in [2.24, 2.45) is 5.73 Å². The topological polar surface area (TPSA) is 129 Å². The maximum atomic E-state index is 12.9. The highest BCUT2D eigenvalue weighted by molar-refractivity contribution is 7.10. The smallest absolute Gasteiger partial charge is 0.271 e. The van der Waals surface area contributed by atoms with Crippen LogP contribution in [0.15, 0.2) is 36.5 Å². The van der Waals surface area contributed by atoms with Gasteiger partial charge in [-0.1, -0.05) is 0 Å². The number of carbonyl (C=O) groups is 2. The summed E-state index contributed by atoms with van der Waals surface area (Å²) in [6, 6.07) is 9.70. The Morgan fingerprint density at radius 3 is 2.53 bits per heavy atom. The average Bonchev–Trinajstić information content (AvgIpc) is 3.56. The lowest BCUT2D eigenvalue weighted by Crippen LogP contribution is -2.48. The normalized spacial score (nSPS) is 17.8. The van der Waals surface area contributed by atoms with Crippen molar-refractivity contribution >= 4 is 45.7 Å². The van der Waals surface area contributed by atoms with E-state index < -0.39 is 5.91 Å². The van der Waals surface area contributed by atoms with Crippen LogP contribution >= 0.6 is 11.5 Å². The molecule has 11 heteroatoms. The number of hydrogen-bond acceptors (Lipinski definition) is 9. The van der Waals surface area contributed by atoms with E-state index in [0.717, 1.165) is 43.2 Å². The van der Waals surface area contributed by atoms with Crippen molar-refractivity contribution in [3.63, 3.8) is 0 Å². The van der Waals surface area contributed by atoms with Gasteiger partial charge in [0.05, 0.1) is 11.9 Å². The first kappa shape index (κ1) is 24.0. The van der Waals surface area contributed by atoms with Gasteiger partial charge in [-0.15, -0.1) is 0 Å². The lowest BCUT2D eigenvalue weighted by molar-refractivity contribution is 0.0932. The van der Waals surface area contributed by atoms with E-state index in [9.17, 15) is 9.59 Å². The molecule has 2 aliphatic heterocycles. The highest BCUT2D eigenvalue weighted by Crippen LogP contribution is 2.26. The van der Waals surface area contributed by atoms with Crippen LogP contribution in [-0.4, -0.2) is 58.4 Å². The standard InChI is InChI=1S/C25H30N8O2S/c1-16-13-21(36-31-16)30-24-22(23(26)34)27-14-20(29-24)33-12-4-5-18(15-33)28-25(35)17-6-8-19(9-7-17)32-10-2-3-11-32/h6-9,13-14,18H,2-5,10-12,15H2,1H3,(H2,26,34)(H,28,35)(H,29,30)/t18-/m1/s1. The number of nitrogens with one attached hydrogen (secondary N) is 2. The molecule has 2 fully saturated rings. The molecule has 1 aromatic carbocycles. The first-order valence-corrected chi connectivity index (χ1v) is 13.0. The fourth-order valence-corrected chi connectivity index (χ4v) is 5.37. The first-order chi connectivity index (χ1) is 17.5. The van der Waals surface area contributed by atoms with E-state index in [1.807, 2.05) is 37.3 Å². The maximum Gasteiger partial charge on any atom is 0.271 e. The lowest BCUT2D eigenvalue weighted by Gasteiger charge is -2.34. The van der Waals surface area contributed by atoms with E-state index in [0.29, 0.717) is 23.7 Å². The lowest BCUT2D eigenvalue weighted by atomic mass is 10.0. The summed E-state index contributed by atoms with van der Waals surface area (Å²) in [5.74, 6) is 0.191. The van der Waals surface area contributed by atoms with Crippen molar-refractivity contribution in [2.45, 2.75) is 38.6 Å². The molecule has 0 aliphatic carbocycles. The summed E-state index contributed by atoms with van der Waals surface area (Å²) < 4.78 is 4.25. The molecule has 5 rings (SSSR count). The van der Waals surface area contributed by atoms with Gasteiger partial charge in [0.25, 0.3) is 11.8 Å². The number of amides is 2. The molecule has 36 heavy (non-hydrogen) atoms. The molecule has 3 aromatic rings. The fraction of sp³-hybridized carbons (Fsp3) is 0.400. The molecule has 0 unspecified atom stereocenters. The van der Waals surface area contributed by atoms with E-state index >= 15 is 0 Å². The Hall–Kier alpha value is -3.73. The first-order valence-electron chi connectivity index (χ1n) is 12.2. The van der Waals surface area contributed by atoms with Crippen molar-refractivity contribution in [3.8, 4) is 0 Å². The van der Waals surface area contributed by atoms with Crippen LogP contribution in [0.4, 0.5) is 22.3 Å². The van der Waals surface area contributed by atoms with Crippen LogP contribution in [0.25, 0.3) is 0 Å². The van der Waals surface area contributed by atoms with Crippen molar-refractivity contribution in [2.75, 3.05) is 41.3 Å². The molecule has 2 aliphatic rings. The molecule has 2 aromatic heterocycles. The van der Waals surface area contributed by atoms with Crippen LogP contribution in [0, 0.1) is 6.92 Å². The molecule has 0 spiro atoms. The SMILES string of the molecule is Cc1cc(Nc2nc(N3CCC[C@@H](NC(=O)c4ccc(N5CCCC5)cc4)C3)cnc2C(N)=O)sn1. The van der Waals surface area contributed by atoms with Gasteiger partial charge in [-0.3, -0.25) is 9.59 Å². The minimum absolute atomic E-state index is 0.0253. The monoisotopic (exact) mass is 506 g/mol. The van der Waals surface area contributed by atoms with Crippen LogP contribution in [0.2, 0.25) is 0 Å². The van der Waals surface area contributed by atoms with E-state index in [2.05, 4.69) is 34.8 Å². The fourth-order valence-electron chi connectivity index (χ4n) is 4.71. The van der Waals surface area contributed by atoms with Crippen LogP contribution in [0.5, 0.6) is 0 Å². The molecule has 4 heterocycles. The highest BCUT2D eigenvalue weighted by atomic mass is 32.1. The molecule has 0 saturated carbocycles.